The summed E-state index contributed by atoms with van der Waals surface area (Å²) in [6.45, 7) is 0.0595. The molecule has 20 heavy (non-hydrogen) atoms. The topological polar surface area (TPSA) is 85.3 Å². The maximum Gasteiger partial charge on any atom is 0.241 e. The molecule has 0 aliphatic rings. The van der Waals surface area contributed by atoms with Crippen molar-refractivity contribution in [2.24, 2.45) is 5.73 Å². The fourth-order valence-electron chi connectivity index (χ4n) is 1.53. The van der Waals surface area contributed by atoms with E-state index in [4.69, 9.17) is 34.0 Å². The number of hydrogen-bond acceptors (Lipinski definition) is 4. The summed E-state index contributed by atoms with van der Waals surface area (Å²) >= 11 is 10.8. The van der Waals surface area contributed by atoms with Gasteiger partial charge in [0.15, 0.2) is 0 Å². The normalized spacial score (nSPS) is 11.4. The molecule has 106 valence electrons. The van der Waals surface area contributed by atoms with Gasteiger partial charge in [0.2, 0.25) is 10.0 Å². The van der Waals surface area contributed by atoms with E-state index in [2.05, 4.69) is 4.72 Å². The van der Waals surface area contributed by atoms with Crippen molar-refractivity contribution in [1.29, 1.82) is 0 Å². The van der Waals surface area contributed by atoms with Gasteiger partial charge >= 0.3 is 0 Å². The van der Waals surface area contributed by atoms with Crippen molar-refractivity contribution < 1.29 is 12.8 Å². The van der Waals surface area contributed by atoms with Crippen LogP contribution in [0.3, 0.4) is 0 Å². The molecule has 0 unspecified atom stereocenters. The maximum absolute atomic E-state index is 12.1. The van der Waals surface area contributed by atoms with Gasteiger partial charge in [-0.3, -0.25) is 0 Å². The number of rotatable bonds is 5. The quantitative estimate of drug-likeness (QED) is 0.819. The average Bonchev–Trinajstić information content (AvgIpc) is 2.89. The Kier molecular flexibility index (Phi) is 4.44. The fraction of sp³-hybridized carbons (Fsp3) is 0.0833. The van der Waals surface area contributed by atoms with Gasteiger partial charge in [0.25, 0.3) is 0 Å². The first-order valence-corrected chi connectivity index (χ1v) is 7.78. The van der Waals surface area contributed by atoms with E-state index in [9.17, 15) is 8.42 Å². The first-order valence-electron chi connectivity index (χ1n) is 5.51. The molecule has 1 aromatic carbocycles. The van der Waals surface area contributed by atoms with Crippen LogP contribution in [0.5, 0.6) is 0 Å². The zero-order valence-electron chi connectivity index (χ0n) is 10.2. The van der Waals surface area contributed by atoms with E-state index in [0.29, 0.717) is 11.3 Å². The van der Waals surface area contributed by atoms with Gasteiger partial charge in [-0.15, -0.1) is 0 Å². The first kappa shape index (κ1) is 15.0. The molecule has 0 aliphatic carbocycles. The Morgan fingerprint density at radius 1 is 1.40 bits per heavy atom. The zero-order chi connectivity index (χ0) is 14.8. The maximum atomic E-state index is 12.1. The van der Waals surface area contributed by atoms with Crippen LogP contribution in [0.25, 0.3) is 0 Å². The molecule has 2 aromatic rings. The lowest BCUT2D eigenvalue weighted by Crippen LogP contribution is -2.23. The zero-order valence-corrected chi connectivity index (χ0v) is 12.6. The molecule has 0 bridgehead atoms. The molecule has 0 spiro atoms. The molecule has 0 saturated heterocycles. The Morgan fingerprint density at radius 2 is 2.15 bits per heavy atom. The van der Waals surface area contributed by atoms with E-state index in [1.54, 1.807) is 12.1 Å². The summed E-state index contributed by atoms with van der Waals surface area (Å²) < 4.78 is 31.6. The smallest absolute Gasteiger partial charge is 0.241 e. The van der Waals surface area contributed by atoms with Crippen molar-refractivity contribution >= 4 is 38.8 Å². The lowest BCUT2D eigenvalue weighted by atomic mass is 10.2. The number of hydrogen-bond donors (Lipinski definition) is 2. The third-order valence-corrected chi connectivity index (χ3v) is 4.46. The van der Waals surface area contributed by atoms with Crippen LogP contribution in [0.15, 0.2) is 45.9 Å². The van der Waals surface area contributed by atoms with Crippen molar-refractivity contribution in [1.82, 2.24) is 4.72 Å². The Labute approximate surface area is 126 Å². The van der Waals surface area contributed by atoms with Crippen LogP contribution >= 0.6 is 23.8 Å². The molecule has 8 heteroatoms. The van der Waals surface area contributed by atoms with E-state index in [1.165, 1.54) is 24.5 Å². The average molecular weight is 331 g/mol. The van der Waals surface area contributed by atoms with Crippen LogP contribution in [0.4, 0.5) is 0 Å². The van der Waals surface area contributed by atoms with E-state index >= 15 is 0 Å². The lowest BCUT2D eigenvalue weighted by Gasteiger charge is -2.08. The van der Waals surface area contributed by atoms with Crippen molar-refractivity contribution in [3.63, 3.8) is 0 Å². The molecular formula is C12H11ClN2O3S2. The summed E-state index contributed by atoms with van der Waals surface area (Å²) in [5, 5.41) is 0.193. The second kappa shape index (κ2) is 5.92. The van der Waals surface area contributed by atoms with Crippen molar-refractivity contribution in [2.45, 2.75) is 11.4 Å². The number of benzene rings is 1. The van der Waals surface area contributed by atoms with Gasteiger partial charge < -0.3 is 10.2 Å². The monoisotopic (exact) mass is 330 g/mol. The van der Waals surface area contributed by atoms with E-state index < -0.39 is 10.0 Å². The van der Waals surface area contributed by atoms with Gasteiger partial charge in [-0.1, -0.05) is 23.8 Å². The predicted molar refractivity (Wildman–Crippen MR) is 80.1 cm³/mol. The van der Waals surface area contributed by atoms with Gasteiger partial charge in [0.05, 0.1) is 22.7 Å². The van der Waals surface area contributed by atoms with Crippen LogP contribution in [-0.4, -0.2) is 13.4 Å². The van der Waals surface area contributed by atoms with Crippen molar-refractivity contribution in [3.05, 3.63) is 52.9 Å². The highest BCUT2D eigenvalue weighted by atomic mass is 35.5. The van der Waals surface area contributed by atoms with E-state index in [0.717, 1.165) is 0 Å². The predicted octanol–water partition coefficient (Wildman–Crippen LogP) is 2.05. The molecule has 0 radical (unpaired) electrons. The summed E-state index contributed by atoms with van der Waals surface area (Å²) in [7, 11) is -3.68. The number of nitrogens with one attached hydrogen (secondary N) is 1. The van der Waals surface area contributed by atoms with Gasteiger partial charge in [0, 0.05) is 5.56 Å². The van der Waals surface area contributed by atoms with E-state index in [-0.39, 0.29) is 21.5 Å². The number of nitrogens with two attached hydrogens (primary N) is 1. The highest BCUT2D eigenvalue weighted by molar-refractivity contribution is 7.89. The van der Waals surface area contributed by atoms with Crippen LogP contribution < -0.4 is 10.5 Å². The van der Waals surface area contributed by atoms with E-state index in [1.807, 2.05) is 0 Å². The molecule has 0 aliphatic heterocycles. The minimum atomic E-state index is -3.68. The first-order chi connectivity index (χ1) is 9.40. The summed E-state index contributed by atoms with van der Waals surface area (Å²) in [5.74, 6) is 0.513. The number of furan rings is 1. The largest absolute Gasteiger partial charge is 0.468 e. The molecule has 3 N–H and O–H groups in total. The highest BCUT2D eigenvalue weighted by Crippen LogP contribution is 2.21. The molecule has 0 saturated carbocycles. The van der Waals surface area contributed by atoms with Gasteiger partial charge in [-0.2, -0.15) is 0 Å². The Hall–Kier alpha value is -1.41. The third kappa shape index (κ3) is 3.37. The van der Waals surface area contributed by atoms with Crippen LogP contribution in [-0.2, 0) is 16.6 Å². The molecular weight excluding hydrogens is 320 g/mol. The Bertz CT molecular complexity index is 727. The number of halogens is 1. The van der Waals surface area contributed by atoms with Crippen molar-refractivity contribution in [2.75, 3.05) is 0 Å². The third-order valence-electron chi connectivity index (χ3n) is 2.53. The molecule has 0 atom stereocenters. The molecule has 1 heterocycles. The number of thiocarbonyl (C=S) groups is 1. The van der Waals surface area contributed by atoms with Crippen LogP contribution in [0.1, 0.15) is 11.3 Å². The summed E-state index contributed by atoms with van der Waals surface area (Å²) in [6, 6.07) is 7.53. The molecule has 5 nitrogen and oxygen atoms in total. The van der Waals surface area contributed by atoms with Crippen LogP contribution in [0, 0.1) is 0 Å². The second-order valence-electron chi connectivity index (χ2n) is 3.91. The van der Waals surface area contributed by atoms with Gasteiger partial charge in [-0.25, -0.2) is 13.1 Å². The molecule has 0 fully saturated rings. The molecule has 0 amide bonds. The fourth-order valence-corrected chi connectivity index (χ4v) is 3.13. The summed E-state index contributed by atoms with van der Waals surface area (Å²) in [6.07, 6.45) is 1.47. The lowest BCUT2D eigenvalue weighted by molar-refractivity contribution is 0.498. The molecule has 1 aromatic heterocycles. The Balaban J connectivity index is 2.21. The Morgan fingerprint density at radius 3 is 2.70 bits per heavy atom. The van der Waals surface area contributed by atoms with Gasteiger partial charge in [-0.05, 0) is 30.3 Å². The second-order valence-corrected chi connectivity index (χ2v) is 6.52. The van der Waals surface area contributed by atoms with Crippen LogP contribution in [0.2, 0.25) is 5.02 Å². The van der Waals surface area contributed by atoms with Crippen molar-refractivity contribution in [3.8, 4) is 0 Å². The highest BCUT2D eigenvalue weighted by Gasteiger charge is 2.16. The molecule has 2 rings (SSSR count). The minimum absolute atomic E-state index is 0.0362. The van der Waals surface area contributed by atoms with Gasteiger partial charge in [0.1, 0.15) is 10.7 Å². The summed E-state index contributed by atoms with van der Waals surface area (Å²) in [4.78, 5) is 0.150. The number of sulfonamides is 1. The standard InChI is InChI=1S/C12H11ClN2O3S2/c13-11-6-9(3-4-10(11)12(14)19)20(16,17)15-7-8-2-1-5-18-8/h1-6,15H,7H2,(H2,14,19). The summed E-state index contributed by atoms with van der Waals surface area (Å²) in [5.41, 5.74) is 5.90. The minimum Gasteiger partial charge on any atom is -0.468 e. The SMILES string of the molecule is NC(=S)c1ccc(S(=O)(=O)NCc2ccco2)cc1Cl.